The van der Waals surface area contributed by atoms with Crippen LogP contribution in [0.15, 0.2) is 46.0 Å². The number of benzene rings is 1. The number of furan rings is 1. The maximum absolute atomic E-state index is 13.3. The van der Waals surface area contributed by atoms with E-state index in [1.165, 1.54) is 12.3 Å². The summed E-state index contributed by atoms with van der Waals surface area (Å²) in [5.41, 5.74) is 0.837. The Bertz CT molecular complexity index is 802. The van der Waals surface area contributed by atoms with Gasteiger partial charge in [0.25, 0.3) is 5.91 Å². The van der Waals surface area contributed by atoms with Crippen molar-refractivity contribution in [2.75, 3.05) is 32.7 Å². The van der Waals surface area contributed by atoms with Gasteiger partial charge < -0.3 is 19.5 Å². The molecule has 3 rings (SSSR count). The second kappa shape index (κ2) is 8.90. The number of nitrogens with zero attached hydrogens (tertiary/aromatic N) is 3. The fourth-order valence-electron chi connectivity index (χ4n) is 2.91. The quantitative estimate of drug-likeness (QED) is 0.642. The Kier molecular flexibility index (Phi) is 6.34. The highest BCUT2D eigenvalue weighted by Crippen LogP contribution is 2.17. The molecule has 1 N–H and O–H groups in total. The Morgan fingerprint density at radius 2 is 2.00 bits per heavy atom. The topological polar surface area (TPSA) is 61.1 Å². The first kappa shape index (κ1) is 19.2. The SMILES string of the molecule is CCNC(=NCc1ccc(F)c(Cl)c1)N1CCN(C(=O)c2ccco2)CC1. The van der Waals surface area contributed by atoms with E-state index >= 15 is 0 Å². The number of hydrogen-bond donors (Lipinski definition) is 1. The normalized spacial score (nSPS) is 15.1. The van der Waals surface area contributed by atoms with Crippen molar-refractivity contribution < 1.29 is 13.6 Å². The van der Waals surface area contributed by atoms with Crippen molar-refractivity contribution in [3.8, 4) is 0 Å². The van der Waals surface area contributed by atoms with Crippen LogP contribution in [0.1, 0.15) is 23.0 Å². The maximum Gasteiger partial charge on any atom is 0.289 e. The summed E-state index contributed by atoms with van der Waals surface area (Å²) in [6.45, 7) is 5.65. The minimum atomic E-state index is -0.436. The molecule has 1 aromatic heterocycles. The smallest absolute Gasteiger partial charge is 0.289 e. The van der Waals surface area contributed by atoms with Crippen molar-refractivity contribution in [3.05, 3.63) is 58.8 Å². The molecule has 0 unspecified atom stereocenters. The number of halogens is 2. The Morgan fingerprint density at radius 1 is 1.26 bits per heavy atom. The molecule has 27 heavy (non-hydrogen) atoms. The lowest BCUT2D eigenvalue weighted by Gasteiger charge is -2.36. The van der Waals surface area contributed by atoms with Crippen LogP contribution in [0, 0.1) is 5.82 Å². The van der Waals surface area contributed by atoms with Crippen LogP contribution in [-0.2, 0) is 6.54 Å². The summed E-state index contributed by atoms with van der Waals surface area (Å²) in [4.78, 5) is 20.9. The van der Waals surface area contributed by atoms with Crippen molar-refractivity contribution >= 4 is 23.5 Å². The lowest BCUT2D eigenvalue weighted by Crippen LogP contribution is -2.53. The number of aliphatic imine (C=N–C) groups is 1. The van der Waals surface area contributed by atoms with Crippen molar-refractivity contribution in [2.24, 2.45) is 4.99 Å². The van der Waals surface area contributed by atoms with Crippen LogP contribution < -0.4 is 5.32 Å². The van der Waals surface area contributed by atoms with Crippen LogP contribution >= 0.6 is 11.6 Å². The number of piperazine rings is 1. The fraction of sp³-hybridized carbons (Fsp3) is 0.368. The zero-order valence-electron chi connectivity index (χ0n) is 15.1. The Morgan fingerprint density at radius 3 is 2.63 bits per heavy atom. The Labute approximate surface area is 162 Å². The summed E-state index contributed by atoms with van der Waals surface area (Å²) in [5.74, 6) is 0.594. The third-order valence-corrected chi connectivity index (χ3v) is 4.62. The van der Waals surface area contributed by atoms with Crippen LogP contribution in [0.25, 0.3) is 0 Å². The van der Waals surface area contributed by atoms with Crippen LogP contribution in [-0.4, -0.2) is 54.4 Å². The van der Waals surface area contributed by atoms with E-state index in [2.05, 4.69) is 15.2 Å². The second-order valence-corrected chi connectivity index (χ2v) is 6.58. The molecular weight excluding hydrogens is 371 g/mol. The molecule has 1 aliphatic heterocycles. The standard InChI is InChI=1S/C19H22ClFN4O2/c1-2-22-19(23-13-14-5-6-16(21)15(20)12-14)25-9-7-24(8-10-25)18(26)17-4-3-11-27-17/h3-6,11-12H,2,7-10,13H2,1H3,(H,22,23). The first-order chi connectivity index (χ1) is 13.1. The van der Waals surface area contributed by atoms with Gasteiger partial charge in [0.05, 0.1) is 17.8 Å². The van der Waals surface area contributed by atoms with E-state index in [9.17, 15) is 9.18 Å². The number of hydrogen-bond acceptors (Lipinski definition) is 3. The van der Waals surface area contributed by atoms with Gasteiger partial charge in [-0.3, -0.25) is 4.79 Å². The first-order valence-corrected chi connectivity index (χ1v) is 9.26. The van der Waals surface area contributed by atoms with Gasteiger partial charge in [-0.25, -0.2) is 9.38 Å². The third-order valence-electron chi connectivity index (χ3n) is 4.33. The lowest BCUT2D eigenvalue weighted by atomic mass is 10.2. The molecule has 1 amide bonds. The van der Waals surface area contributed by atoms with Crippen LogP contribution in [0.5, 0.6) is 0 Å². The molecule has 1 fully saturated rings. The molecule has 0 bridgehead atoms. The molecule has 0 radical (unpaired) electrons. The van der Waals surface area contributed by atoms with Gasteiger partial charge in [0.1, 0.15) is 5.82 Å². The minimum absolute atomic E-state index is 0.0949. The highest BCUT2D eigenvalue weighted by molar-refractivity contribution is 6.30. The zero-order chi connectivity index (χ0) is 19.2. The molecule has 1 aromatic carbocycles. The molecule has 0 aliphatic carbocycles. The monoisotopic (exact) mass is 392 g/mol. The molecule has 0 atom stereocenters. The predicted octanol–water partition coefficient (Wildman–Crippen LogP) is 3.00. The summed E-state index contributed by atoms with van der Waals surface area (Å²) in [5, 5.41) is 3.36. The summed E-state index contributed by atoms with van der Waals surface area (Å²) in [7, 11) is 0. The number of rotatable bonds is 4. The van der Waals surface area contributed by atoms with Gasteiger partial charge in [-0.05, 0) is 36.8 Å². The Balaban J connectivity index is 1.62. The van der Waals surface area contributed by atoms with Crippen molar-refractivity contribution in [3.63, 3.8) is 0 Å². The van der Waals surface area contributed by atoms with Gasteiger partial charge in [0.15, 0.2) is 11.7 Å². The first-order valence-electron chi connectivity index (χ1n) is 8.88. The molecule has 1 saturated heterocycles. The van der Waals surface area contributed by atoms with Crippen LogP contribution in [0.3, 0.4) is 0 Å². The van der Waals surface area contributed by atoms with Gasteiger partial charge in [-0.2, -0.15) is 0 Å². The lowest BCUT2D eigenvalue weighted by molar-refractivity contribution is 0.0657. The van der Waals surface area contributed by atoms with Crippen molar-refractivity contribution in [1.29, 1.82) is 0 Å². The number of nitrogens with one attached hydrogen (secondary N) is 1. The van der Waals surface area contributed by atoms with E-state index in [0.717, 1.165) is 18.1 Å². The van der Waals surface area contributed by atoms with E-state index in [0.29, 0.717) is 38.5 Å². The average molecular weight is 393 g/mol. The molecule has 2 aromatic rings. The molecule has 0 saturated carbocycles. The molecular formula is C19H22ClFN4O2. The van der Waals surface area contributed by atoms with E-state index in [1.54, 1.807) is 29.2 Å². The van der Waals surface area contributed by atoms with E-state index < -0.39 is 5.82 Å². The van der Waals surface area contributed by atoms with Gasteiger partial charge in [0, 0.05) is 32.7 Å². The number of amides is 1. The maximum atomic E-state index is 13.3. The zero-order valence-corrected chi connectivity index (χ0v) is 15.9. The van der Waals surface area contributed by atoms with Gasteiger partial charge in [-0.15, -0.1) is 0 Å². The largest absolute Gasteiger partial charge is 0.459 e. The third kappa shape index (κ3) is 4.80. The second-order valence-electron chi connectivity index (χ2n) is 6.18. The van der Waals surface area contributed by atoms with E-state index in [1.807, 2.05) is 6.92 Å². The molecule has 2 heterocycles. The highest BCUT2D eigenvalue weighted by atomic mass is 35.5. The van der Waals surface area contributed by atoms with Crippen LogP contribution in [0.4, 0.5) is 4.39 Å². The summed E-state index contributed by atoms with van der Waals surface area (Å²) in [6, 6.07) is 7.99. The average Bonchev–Trinajstić information content (AvgIpc) is 3.22. The van der Waals surface area contributed by atoms with Gasteiger partial charge in [0.2, 0.25) is 0 Å². The number of guanidine groups is 1. The van der Waals surface area contributed by atoms with E-state index in [-0.39, 0.29) is 10.9 Å². The van der Waals surface area contributed by atoms with E-state index in [4.69, 9.17) is 16.0 Å². The number of carbonyl (C=O) groups excluding carboxylic acids is 1. The predicted molar refractivity (Wildman–Crippen MR) is 102 cm³/mol. The van der Waals surface area contributed by atoms with Crippen molar-refractivity contribution in [2.45, 2.75) is 13.5 Å². The summed E-state index contributed by atoms with van der Waals surface area (Å²) >= 11 is 5.83. The van der Waals surface area contributed by atoms with Crippen LogP contribution in [0.2, 0.25) is 5.02 Å². The summed E-state index contributed by atoms with van der Waals surface area (Å²) in [6.07, 6.45) is 1.50. The number of carbonyl (C=O) groups is 1. The van der Waals surface area contributed by atoms with Crippen molar-refractivity contribution in [1.82, 2.24) is 15.1 Å². The Hall–Kier alpha value is -2.54. The van der Waals surface area contributed by atoms with Gasteiger partial charge in [-0.1, -0.05) is 17.7 Å². The summed E-state index contributed by atoms with van der Waals surface area (Å²) < 4.78 is 18.5. The molecule has 1 aliphatic rings. The molecule has 6 nitrogen and oxygen atoms in total. The molecule has 8 heteroatoms. The molecule has 144 valence electrons. The van der Waals surface area contributed by atoms with Gasteiger partial charge >= 0.3 is 0 Å². The molecule has 0 spiro atoms. The fourth-order valence-corrected chi connectivity index (χ4v) is 3.11. The highest BCUT2D eigenvalue weighted by Gasteiger charge is 2.25. The minimum Gasteiger partial charge on any atom is -0.459 e.